The van der Waals surface area contributed by atoms with Gasteiger partial charge < -0.3 is 15.2 Å². The SMILES string of the molecule is COCCCOCc1cc(F)cc(C(=N)N)c1. The van der Waals surface area contributed by atoms with Crippen molar-refractivity contribution < 1.29 is 13.9 Å². The van der Waals surface area contributed by atoms with E-state index in [-0.39, 0.29) is 5.84 Å². The Bertz CT molecular complexity index is 383. The molecule has 0 heterocycles. The zero-order valence-corrected chi connectivity index (χ0v) is 9.83. The van der Waals surface area contributed by atoms with Gasteiger partial charge >= 0.3 is 0 Å². The van der Waals surface area contributed by atoms with Gasteiger partial charge in [-0.25, -0.2) is 4.39 Å². The fraction of sp³-hybridized carbons (Fsp3) is 0.417. The van der Waals surface area contributed by atoms with Crippen molar-refractivity contribution in [2.24, 2.45) is 5.73 Å². The molecule has 0 unspecified atom stereocenters. The maximum atomic E-state index is 13.2. The van der Waals surface area contributed by atoms with E-state index in [0.29, 0.717) is 30.9 Å². The van der Waals surface area contributed by atoms with Gasteiger partial charge in [-0.15, -0.1) is 0 Å². The highest BCUT2D eigenvalue weighted by Crippen LogP contribution is 2.10. The van der Waals surface area contributed by atoms with E-state index in [1.807, 2.05) is 0 Å². The Morgan fingerprint density at radius 1 is 1.35 bits per heavy atom. The fourth-order valence-corrected chi connectivity index (χ4v) is 1.38. The highest BCUT2D eigenvalue weighted by atomic mass is 19.1. The predicted octanol–water partition coefficient (Wildman–Crippen LogP) is 1.66. The zero-order chi connectivity index (χ0) is 12.7. The van der Waals surface area contributed by atoms with Gasteiger partial charge in [0.2, 0.25) is 0 Å². The van der Waals surface area contributed by atoms with Crippen LogP contribution in [0, 0.1) is 11.2 Å². The summed E-state index contributed by atoms with van der Waals surface area (Å²) in [6, 6.07) is 4.27. The van der Waals surface area contributed by atoms with Crippen LogP contribution >= 0.6 is 0 Å². The summed E-state index contributed by atoms with van der Waals surface area (Å²) in [7, 11) is 1.63. The summed E-state index contributed by atoms with van der Waals surface area (Å²) in [4.78, 5) is 0. The Balaban J connectivity index is 2.50. The molecule has 0 atom stereocenters. The van der Waals surface area contributed by atoms with Crippen molar-refractivity contribution in [2.45, 2.75) is 13.0 Å². The highest BCUT2D eigenvalue weighted by Gasteiger charge is 2.03. The number of nitrogen functional groups attached to an aromatic ring is 1. The van der Waals surface area contributed by atoms with E-state index in [0.717, 1.165) is 6.42 Å². The molecular weight excluding hydrogens is 223 g/mol. The second-order valence-corrected chi connectivity index (χ2v) is 3.66. The Labute approximate surface area is 100 Å². The minimum absolute atomic E-state index is 0.148. The normalized spacial score (nSPS) is 10.5. The van der Waals surface area contributed by atoms with Crippen LogP contribution in [-0.4, -0.2) is 26.2 Å². The fourth-order valence-electron chi connectivity index (χ4n) is 1.38. The lowest BCUT2D eigenvalue weighted by molar-refractivity contribution is 0.0927. The molecule has 0 aliphatic rings. The summed E-state index contributed by atoms with van der Waals surface area (Å²) in [6.07, 6.45) is 0.797. The summed E-state index contributed by atoms with van der Waals surface area (Å²) in [5.74, 6) is -0.557. The highest BCUT2D eigenvalue weighted by molar-refractivity contribution is 5.95. The van der Waals surface area contributed by atoms with E-state index < -0.39 is 5.82 Å². The second kappa shape index (κ2) is 6.98. The lowest BCUT2D eigenvalue weighted by Gasteiger charge is -2.06. The molecule has 0 saturated heterocycles. The standard InChI is InChI=1S/C12H17FN2O2/c1-16-3-2-4-17-8-9-5-10(12(14)15)7-11(13)6-9/h5-7H,2-4,8H2,1H3,(H3,14,15). The number of nitrogens with two attached hydrogens (primary N) is 1. The lowest BCUT2D eigenvalue weighted by atomic mass is 10.1. The monoisotopic (exact) mass is 240 g/mol. The van der Waals surface area contributed by atoms with E-state index in [4.69, 9.17) is 20.6 Å². The summed E-state index contributed by atoms with van der Waals surface area (Å²) < 4.78 is 23.4. The molecule has 17 heavy (non-hydrogen) atoms. The molecule has 0 fully saturated rings. The van der Waals surface area contributed by atoms with Crippen LogP contribution in [0.25, 0.3) is 0 Å². The average Bonchev–Trinajstić information content (AvgIpc) is 2.28. The van der Waals surface area contributed by atoms with Gasteiger partial charge in [0.15, 0.2) is 0 Å². The number of rotatable bonds is 7. The number of nitrogens with one attached hydrogen (secondary N) is 1. The average molecular weight is 240 g/mol. The first-order valence-corrected chi connectivity index (χ1v) is 5.34. The lowest BCUT2D eigenvalue weighted by Crippen LogP contribution is -2.12. The molecule has 1 rings (SSSR count). The minimum Gasteiger partial charge on any atom is -0.385 e. The number of benzene rings is 1. The zero-order valence-electron chi connectivity index (χ0n) is 9.83. The van der Waals surface area contributed by atoms with E-state index in [1.54, 1.807) is 13.2 Å². The first-order chi connectivity index (χ1) is 8.13. The summed E-state index contributed by atoms with van der Waals surface area (Å²) in [5.41, 5.74) is 6.35. The van der Waals surface area contributed by atoms with E-state index in [9.17, 15) is 4.39 Å². The Kier molecular flexibility index (Phi) is 5.59. The largest absolute Gasteiger partial charge is 0.385 e. The van der Waals surface area contributed by atoms with Crippen molar-refractivity contribution in [1.29, 1.82) is 5.41 Å². The van der Waals surface area contributed by atoms with Crippen LogP contribution in [0.5, 0.6) is 0 Å². The number of hydrogen-bond donors (Lipinski definition) is 2. The van der Waals surface area contributed by atoms with Gasteiger partial charge in [0.05, 0.1) is 6.61 Å². The van der Waals surface area contributed by atoms with Crippen LogP contribution in [0.3, 0.4) is 0 Å². The molecule has 4 nitrogen and oxygen atoms in total. The Morgan fingerprint density at radius 2 is 2.12 bits per heavy atom. The van der Waals surface area contributed by atoms with Crippen LogP contribution in [0.1, 0.15) is 17.5 Å². The van der Waals surface area contributed by atoms with Crippen molar-refractivity contribution in [1.82, 2.24) is 0 Å². The van der Waals surface area contributed by atoms with Crippen molar-refractivity contribution in [3.63, 3.8) is 0 Å². The molecule has 5 heteroatoms. The molecule has 0 amide bonds. The van der Waals surface area contributed by atoms with Gasteiger partial charge in [-0.1, -0.05) is 0 Å². The van der Waals surface area contributed by atoms with Crippen molar-refractivity contribution in [3.8, 4) is 0 Å². The molecule has 3 N–H and O–H groups in total. The van der Waals surface area contributed by atoms with Gasteiger partial charge in [0, 0.05) is 25.9 Å². The number of amidine groups is 1. The first kappa shape index (κ1) is 13.6. The maximum Gasteiger partial charge on any atom is 0.124 e. The van der Waals surface area contributed by atoms with Crippen LogP contribution in [0.15, 0.2) is 18.2 Å². The second-order valence-electron chi connectivity index (χ2n) is 3.66. The molecule has 1 aromatic rings. The van der Waals surface area contributed by atoms with Crippen molar-refractivity contribution >= 4 is 5.84 Å². The van der Waals surface area contributed by atoms with Crippen LogP contribution in [0.4, 0.5) is 4.39 Å². The maximum absolute atomic E-state index is 13.2. The van der Waals surface area contributed by atoms with Gasteiger partial charge in [0.25, 0.3) is 0 Å². The topological polar surface area (TPSA) is 68.3 Å². The minimum atomic E-state index is -0.409. The van der Waals surface area contributed by atoms with Gasteiger partial charge in [0.1, 0.15) is 11.7 Å². The quantitative estimate of drug-likeness (QED) is 0.432. The Hall–Kier alpha value is -1.46. The molecule has 0 aliphatic carbocycles. The number of halogens is 1. The third kappa shape index (κ3) is 4.93. The third-order valence-corrected chi connectivity index (χ3v) is 2.17. The molecule has 1 aromatic carbocycles. The molecule has 0 saturated carbocycles. The predicted molar refractivity (Wildman–Crippen MR) is 63.6 cm³/mol. The number of methoxy groups -OCH3 is 1. The molecule has 0 aromatic heterocycles. The third-order valence-electron chi connectivity index (χ3n) is 2.17. The summed E-state index contributed by atoms with van der Waals surface area (Å²) in [6.45, 7) is 1.50. The summed E-state index contributed by atoms with van der Waals surface area (Å²) in [5, 5.41) is 7.25. The number of ether oxygens (including phenoxy) is 2. The van der Waals surface area contributed by atoms with E-state index >= 15 is 0 Å². The smallest absolute Gasteiger partial charge is 0.124 e. The van der Waals surface area contributed by atoms with Crippen LogP contribution < -0.4 is 5.73 Å². The van der Waals surface area contributed by atoms with Gasteiger partial charge in [-0.3, -0.25) is 5.41 Å². The van der Waals surface area contributed by atoms with Gasteiger partial charge in [-0.2, -0.15) is 0 Å². The molecule has 0 aliphatic heterocycles. The molecular formula is C12H17FN2O2. The van der Waals surface area contributed by atoms with Gasteiger partial charge in [-0.05, 0) is 30.2 Å². The van der Waals surface area contributed by atoms with E-state index in [2.05, 4.69) is 0 Å². The van der Waals surface area contributed by atoms with Crippen LogP contribution in [-0.2, 0) is 16.1 Å². The first-order valence-electron chi connectivity index (χ1n) is 5.34. The molecule has 94 valence electrons. The summed E-state index contributed by atoms with van der Waals surface area (Å²) >= 11 is 0. The molecule has 0 spiro atoms. The van der Waals surface area contributed by atoms with Crippen molar-refractivity contribution in [3.05, 3.63) is 35.1 Å². The number of hydrogen-bond acceptors (Lipinski definition) is 3. The van der Waals surface area contributed by atoms with Crippen molar-refractivity contribution in [2.75, 3.05) is 20.3 Å². The molecule has 0 radical (unpaired) electrons. The van der Waals surface area contributed by atoms with E-state index in [1.165, 1.54) is 12.1 Å². The van der Waals surface area contributed by atoms with Crippen LogP contribution in [0.2, 0.25) is 0 Å². The molecule has 0 bridgehead atoms. The Morgan fingerprint density at radius 3 is 2.76 bits per heavy atom.